The van der Waals surface area contributed by atoms with Crippen LogP contribution >= 0.6 is 34.8 Å². The molecule has 0 unspecified atom stereocenters. The van der Waals surface area contributed by atoms with E-state index in [0.717, 1.165) is 14.6 Å². The Morgan fingerprint density at radius 1 is 1.45 bits per heavy atom. The van der Waals surface area contributed by atoms with Crippen molar-refractivity contribution < 1.29 is 4.79 Å². The molecule has 1 amide bonds. The standard InChI is InChI=1S/C14H18IN3OS/c1-14(2,3)17-12(19)6-7-18-11-5-4-9(15)8-10(11)16-13(18)20/h4-5,8H,6-7H2,1-3H3,(H,16,20)(H,17,19). The van der Waals surface area contributed by atoms with Crippen LogP contribution in [0.5, 0.6) is 0 Å². The van der Waals surface area contributed by atoms with E-state index in [1.54, 1.807) is 0 Å². The Morgan fingerprint density at radius 3 is 2.80 bits per heavy atom. The molecule has 0 atom stereocenters. The van der Waals surface area contributed by atoms with Gasteiger partial charge in [0.05, 0.1) is 11.0 Å². The second kappa shape index (κ2) is 5.85. The monoisotopic (exact) mass is 403 g/mol. The number of benzene rings is 1. The third-order valence-electron chi connectivity index (χ3n) is 2.81. The molecule has 1 heterocycles. The van der Waals surface area contributed by atoms with E-state index in [-0.39, 0.29) is 11.4 Å². The molecule has 0 aliphatic heterocycles. The summed E-state index contributed by atoms with van der Waals surface area (Å²) >= 11 is 7.60. The van der Waals surface area contributed by atoms with E-state index in [0.29, 0.717) is 17.7 Å². The third kappa shape index (κ3) is 3.82. The molecule has 0 bridgehead atoms. The van der Waals surface area contributed by atoms with Crippen molar-refractivity contribution in [2.45, 2.75) is 39.3 Å². The molecule has 1 aromatic heterocycles. The number of nitrogens with one attached hydrogen (secondary N) is 2. The first kappa shape index (κ1) is 15.5. The van der Waals surface area contributed by atoms with E-state index >= 15 is 0 Å². The smallest absolute Gasteiger partial charge is 0.222 e. The zero-order chi connectivity index (χ0) is 14.9. The van der Waals surface area contributed by atoms with Crippen molar-refractivity contribution in [1.82, 2.24) is 14.9 Å². The van der Waals surface area contributed by atoms with Crippen molar-refractivity contribution >= 4 is 51.7 Å². The van der Waals surface area contributed by atoms with Crippen LogP contribution in [0.4, 0.5) is 0 Å². The average molecular weight is 403 g/mol. The van der Waals surface area contributed by atoms with Crippen LogP contribution < -0.4 is 5.32 Å². The molecule has 2 aromatic rings. The van der Waals surface area contributed by atoms with Gasteiger partial charge in [-0.3, -0.25) is 4.79 Å². The highest BCUT2D eigenvalue weighted by atomic mass is 127. The fourth-order valence-electron chi connectivity index (χ4n) is 2.05. The number of aryl methyl sites for hydroxylation is 1. The summed E-state index contributed by atoms with van der Waals surface area (Å²) in [6.07, 6.45) is 0.421. The number of H-pyrrole nitrogens is 1. The molecule has 0 radical (unpaired) electrons. The van der Waals surface area contributed by atoms with Gasteiger partial charge in [-0.05, 0) is 73.8 Å². The van der Waals surface area contributed by atoms with Crippen molar-refractivity contribution in [1.29, 1.82) is 0 Å². The van der Waals surface area contributed by atoms with Crippen LogP contribution in [0.2, 0.25) is 0 Å². The maximum atomic E-state index is 11.9. The van der Waals surface area contributed by atoms with Gasteiger partial charge in [0.25, 0.3) is 0 Å². The maximum Gasteiger partial charge on any atom is 0.222 e. The second-order valence-corrected chi connectivity index (χ2v) is 7.42. The van der Waals surface area contributed by atoms with Crippen LogP contribution in [-0.2, 0) is 11.3 Å². The molecular formula is C14H18IN3OS. The molecular weight excluding hydrogens is 385 g/mol. The summed E-state index contributed by atoms with van der Waals surface area (Å²) < 4.78 is 3.79. The highest BCUT2D eigenvalue weighted by molar-refractivity contribution is 14.1. The predicted octanol–water partition coefficient (Wildman–Crippen LogP) is 3.61. The van der Waals surface area contributed by atoms with Gasteiger partial charge in [-0.2, -0.15) is 0 Å². The van der Waals surface area contributed by atoms with E-state index in [1.165, 1.54) is 0 Å². The largest absolute Gasteiger partial charge is 0.351 e. The van der Waals surface area contributed by atoms with Crippen molar-refractivity contribution in [2.75, 3.05) is 0 Å². The number of hydrogen-bond donors (Lipinski definition) is 2. The zero-order valence-corrected chi connectivity index (χ0v) is 14.8. The number of aromatic nitrogens is 2. The van der Waals surface area contributed by atoms with E-state index in [9.17, 15) is 4.79 Å². The lowest BCUT2D eigenvalue weighted by Crippen LogP contribution is -2.40. The number of nitrogens with zero attached hydrogens (tertiary/aromatic N) is 1. The van der Waals surface area contributed by atoms with Crippen LogP contribution in [0.25, 0.3) is 11.0 Å². The number of halogens is 1. The number of aromatic amines is 1. The second-order valence-electron chi connectivity index (χ2n) is 5.79. The average Bonchev–Trinajstić information content (AvgIpc) is 2.59. The van der Waals surface area contributed by atoms with Crippen LogP contribution in [0.15, 0.2) is 18.2 Å². The van der Waals surface area contributed by atoms with Gasteiger partial charge in [-0.25, -0.2) is 0 Å². The number of imidazole rings is 1. The fraction of sp³-hybridized carbons (Fsp3) is 0.429. The Hall–Kier alpha value is -0.890. The molecule has 20 heavy (non-hydrogen) atoms. The lowest BCUT2D eigenvalue weighted by molar-refractivity contribution is -0.122. The van der Waals surface area contributed by atoms with E-state index < -0.39 is 0 Å². The Balaban J connectivity index is 2.16. The summed E-state index contributed by atoms with van der Waals surface area (Å²) in [7, 11) is 0. The van der Waals surface area contributed by atoms with Gasteiger partial charge >= 0.3 is 0 Å². The molecule has 0 saturated carbocycles. The molecule has 4 nitrogen and oxygen atoms in total. The molecule has 108 valence electrons. The number of carbonyl (C=O) groups excluding carboxylic acids is 1. The summed E-state index contributed by atoms with van der Waals surface area (Å²) in [6, 6.07) is 6.12. The summed E-state index contributed by atoms with van der Waals surface area (Å²) in [5.41, 5.74) is 1.85. The topological polar surface area (TPSA) is 49.8 Å². The Bertz CT molecular complexity index is 696. The van der Waals surface area contributed by atoms with Crippen LogP contribution in [0.1, 0.15) is 27.2 Å². The highest BCUT2D eigenvalue weighted by Gasteiger charge is 2.14. The van der Waals surface area contributed by atoms with Gasteiger partial charge in [0.2, 0.25) is 5.91 Å². The van der Waals surface area contributed by atoms with Gasteiger partial charge in [0.1, 0.15) is 0 Å². The van der Waals surface area contributed by atoms with Crippen molar-refractivity contribution in [3.63, 3.8) is 0 Å². The van der Waals surface area contributed by atoms with Crippen LogP contribution in [0.3, 0.4) is 0 Å². The lowest BCUT2D eigenvalue weighted by atomic mass is 10.1. The third-order valence-corrected chi connectivity index (χ3v) is 3.81. The number of rotatable bonds is 3. The molecule has 0 saturated heterocycles. The minimum absolute atomic E-state index is 0.0410. The van der Waals surface area contributed by atoms with Crippen molar-refractivity contribution in [2.24, 2.45) is 0 Å². The first-order valence-corrected chi connectivity index (χ1v) is 7.94. The Morgan fingerprint density at radius 2 is 2.15 bits per heavy atom. The van der Waals surface area contributed by atoms with Crippen molar-refractivity contribution in [3.8, 4) is 0 Å². The van der Waals surface area contributed by atoms with Gasteiger partial charge in [0, 0.05) is 22.1 Å². The highest BCUT2D eigenvalue weighted by Crippen LogP contribution is 2.17. The molecule has 6 heteroatoms. The van der Waals surface area contributed by atoms with E-state index in [4.69, 9.17) is 12.2 Å². The minimum Gasteiger partial charge on any atom is -0.351 e. The van der Waals surface area contributed by atoms with E-state index in [1.807, 2.05) is 37.5 Å². The predicted molar refractivity (Wildman–Crippen MR) is 92.4 cm³/mol. The summed E-state index contributed by atoms with van der Waals surface area (Å²) in [5, 5.41) is 2.96. The zero-order valence-electron chi connectivity index (χ0n) is 11.8. The van der Waals surface area contributed by atoms with Crippen molar-refractivity contribution in [3.05, 3.63) is 26.5 Å². The summed E-state index contributed by atoms with van der Waals surface area (Å²) in [4.78, 5) is 15.1. The molecule has 0 aliphatic rings. The van der Waals surface area contributed by atoms with Gasteiger partial charge < -0.3 is 14.9 Å². The van der Waals surface area contributed by atoms with E-state index in [2.05, 4.69) is 39.0 Å². The SMILES string of the molecule is CC(C)(C)NC(=O)CCn1c(=S)[nH]c2cc(I)ccc21. The quantitative estimate of drug-likeness (QED) is 0.608. The summed E-state index contributed by atoms with van der Waals surface area (Å²) in [5.74, 6) is 0.0410. The van der Waals surface area contributed by atoms with Crippen LogP contribution in [0, 0.1) is 8.34 Å². The molecule has 0 fully saturated rings. The van der Waals surface area contributed by atoms with Gasteiger partial charge in [-0.15, -0.1) is 0 Å². The molecule has 1 aromatic carbocycles. The Kier molecular flexibility index (Phi) is 4.53. The maximum absolute atomic E-state index is 11.9. The number of fused-ring (bicyclic) bond motifs is 1. The number of hydrogen-bond acceptors (Lipinski definition) is 2. The number of carbonyl (C=O) groups is 1. The van der Waals surface area contributed by atoms with Gasteiger partial charge in [0.15, 0.2) is 4.77 Å². The normalized spacial score (nSPS) is 11.8. The molecule has 0 aliphatic carbocycles. The fourth-order valence-corrected chi connectivity index (χ4v) is 2.84. The Labute approximate surface area is 137 Å². The number of amides is 1. The first-order chi connectivity index (χ1) is 9.26. The molecule has 2 N–H and O–H groups in total. The lowest BCUT2D eigenvalue weighted by Gasteiger charge is -2.20. The molecule has 0 spiro atoms. The molecule has 2 rings (SSSR count). The summed E-state index contributed by atoms with van der Waals surface area (Å²) in [6.45, 7) is 6.51. The van der Waals surface area contributed by atoms with Crippen LogP contribution in [-0.4, -0.2) is 21.0 Å². The van der Waals surface area contributed by atoms with Gasteiger partial charge in [-0.1, -0.05) is 0 Å². The first-order valence-electron chi connectivity index (χ1n) is 6.45. The minimum atomic E-state index is -0.200.